The lowest BCUT2D eigenvalue weighted by Gasteiger charge is -2.31. The number of ether oxygens (including phenoxy) is 3. The lowest BCUT2D eigenvalue weighted by molar-refractivity contribution is 0.354. The summed E-state index contributed by atoms with van der Waals surface area (Å²) in [5, 5.41) is 0. The average Bonchev–Trinajstić information content (AvgIpc) is 3.29. The highest BCUT2D eigenvalue weighted by atomic mass is 32.1. The van der Waals surface area contributed by atoms with E-state index < -0.39 is 0 Å². The molecule has 3 aromatic carbocycles. The molecule has 0 fully saturated rings. The van der Waals surface area contributed by atoms with Gasteiger partial charge in [-0.05, 0) is 65.4 Å². The minimum Gasteiger partial charge on any atom is -0.493 e. The zero-order chi connectivity index (χ0) is 26.9. The number of hydrogen-bond acceptors (Lipinski definition) is 6. The van der Waals surface area contributed by atoms with E-state index in [1.165, 1.54) is 16.9 Å². The van der Waals surface area contributed by atoms with E-state index in [2.05, 4.69) is 24.1 Å². The fourth-order valence-corrected chi connectivity index (χ4v) is 6.28. The van der Waals surface area contributed by atoms with Gasteiger partial charge in [-0.3, -0.25) is 9.36 Å². The molecule has 39 heavy (non-hydrogen) atoms. The van der Waals surface area contributed by atoms with Crippen molar-refractivity contribution in [1.82, 2.24) is 4.57 Å². The topological polar surface area (TPSA) is 62.0 Å². The van der Waals surface area contributed by atoms with Gasteiger partial charge in [0.25, 0.3) is 5.56 Å². The molecule has 6 nitrogen and oxygen atoms in total. The predicted molar refractivity (Wildman–Crippen MR) is 153 cm³/mol. The van der Waals surface area contributed by atoms with Gasteiger partial charge in [0.2, 0.25) is 0 Å². The van der Waals surface area contributed by atoms with E-state index in [0.717, 1.165) is 40.8 Å². The summed E-state index contributed by atoms with van der Waals surface area (Å²) >= 11 is 1.40. The molecule has 0 spiro atoms. The monoisotopic (exact) mass is 534 g/mol. The quantitative estimate of drug-likeness (QED) is 0.345. The van der Waals surface area contributed by atoms with Crippen LogP contribution in [-0.2, 0) is 6.42 Å². The minimum atomic E-state index is -0.300. The van der Waals surface area contributed by atoms with Crippen LogP contribution >= 0.6 is 11.3 Å². The van der Waals surface area contributed by atoms with E-state index >= 15 is 0 Å². The third-order valence-corrected chi connectivity index (χ3v) is 8.08. The van der Waals surface area contributed by atoms with Crippen LogP contribution in [0.1, 0.15) is 34.7 Å². The Kier molecular flexibility index (Phi) is 6.55. The molecule has 1 aliphatic carbocycles. The molecule has 0 unspecified atom stereocenters. The van der Waals surface area contributed by atoms with Gasteiger partial charge in [-0.15, -0.1) is 6.42 Å². The highest BCUT2D eigenvalue weighted by molar-refractivity contribution is 7.07. The summed E-state index contributed by atoms with van der Waals surface area (Å²) in [6.07, 6.45) is 8.90. The van der Waals surface area contributed by atoms with Crippen molar-refractivity contribution in [2.24, 2.45) is 4.99 Å². The molecule has 1 atom stereocenters. The summed E-state index contributed by atoms with van der Waals surface area (Å²) < 4.78 is 19.0. The maximum atomic E-state index is 14.0. The minimum absolute atomic E-state index is 0.0726. The molecule has 0 bridgehead atoms. The molecule has 2 heterocycles. The maximum absolute atomic E-state index is 14.0. The Morgan fingerprint density at radius 3 is 2.62 bits per heavy atom. The molecular formula is C32H26N2O4S. The van der Waals surface area contributed by atoms with Crippen molar-refractivity contribution in [2.75, 3.05) is 20.8 Å². The van der Waals surface area contributed by atoms with Crippen LogP contribution in [0.4, 0.5) is 0 Å². The first-order valence-electron chi connectivity index (χ1n) is 12.6. The molecule has 194 valence electrons. The molecule has 4 aromatic rings. The van der Waals surface area contributed by atoms with Crippen LogP contribution in [0.25, 0.3) is 11.8 Å². The Bertz CT molecular complexity index is 1820. The molecular weight excluding hydrogens is 508 g/mol. The van der Waals surface area contributed by atoms with Crippen molar-refractivity contribution in [1.29, 1.82) is 0 Å². The molecule has 1 aromatic heterocycles. The van der Waals surface area contributed by atoms with Crippen molar-refractivity contribution >= 4 is 23.1 Å². The first-order valence-corrected chi connectivity index (χ1v) is 13.4. The summed E-state index contributed by atoms with van der Waals surface area (Å²) in [6, 6.07) is 21.5. The Morgan fingerprint density at radius 1 is 1.05 bits per heavy atom. The molecule has 1 aliphatic heterocycles. The fraction of sp³-hybridized carbons (Fsp3) is 0.188. The summed E-state index contributed by atoms with van der Waals surface area (Å²) in [5.41, 5.74) is 6.27. The molecule has 0 saturated heterocycles. The number of methoxy groups -OCH3 is 2. The number of allylic oxidation sites excluding steroid dienone is 1. The van der Waals surface area contributed by atoms with E-state index in [0.29, 0.717) is 26.6 Å². The average molecular weight is 535 g/mol. The van der Waals surface area contributed by atoms with Gasteiger partial charge in [0.05, 0.1) is 30.5 Å². The number of benzene rings is 3. The highest BCUT2D eigenvalue weighted by Crippen LogP contribution is 2.42. The van der Waals surface area contributed by atoms with E-state index in [4.69, 9.17) is 25.6 Å². The predicted octanol–water partition coefficient (Wildman–Crippen LogP) is 4.35. The van der Waals surface area contributed by atoms with Gasteiger partial charge in [0.15, 0.2) is 16.3 Å². The largest absolute Gasteiger partial charge is 0.493 e. The second kappa shape index (κ2) is 10.3. The zero-order valence-corrected chi connectivity index (χ0v) is 22.5. The number of rotatable bonds is 6. The first kappa shape index (κ1) is 24.8. The maximum Gasteiger partial charge on any atom is 0.271 e. The van der Waals surface area contributed by atoms with Crippen LogP contribution in [0.3, 0.4) is 0 Å². The van der Waals surface area contributed by atoms with Crippen molar-refractivity contribution in [2.45, 2.75) is 18.9 Å². The SMILES string of the molecule is C#CCOc1ccc(/C=c2/sc3n(c2=O)[C@H](c2ccc(OC)c(OC)c2)C2=C(N=3)c3ccccc3CC2)cc1. The van der Waals surface area contributed by atoms with Gasteiger partial charge in [0.1, 0.15) is 12.4 Å². The number of hydrogen-bond donors (Lipinski definition) is 0. The number of aromatic nitrogens is 1. The van der Waals surface area contributed by atoms with E-state index in [1.54, 1.807) is 14.2 Å². The smallest absolute Gasteiger partial charge is 0.271 e. The number of fused-ring (bicyclic) bond motifs is 3. The van der Waals surface area contributed by atoms with Gasteiger partial charge >= 0.3 is 0 Å². The van der Waals surface area contributed by atoms with Gasteiger partial charge in [-0.1, -0.05) is 59.7 Å². The van der Waals surface area contributed by atoms with Crippen LogP contribution in [0.15, 0.2) is 82.1 Å². The number of aryl methyl sites for hydroxylation is 1. The molecule has 2 aliphatic rings. The van der Waals surface area contributed by atoms with Crippen molar-refractivity contribution < 1.29 is 14.2 Å². The molecule has 7 heteroatoms. The standard InChI is InChI=1S/C32H26N2O4S/c1-4-17-38-23-13-9-20(10-14-23)18-28-31(35)34-30(22-12-16-26(36-2)27(19-22)37-3)25-15-11-21-7-5-6-8-24(21)29(25)33-32(34)39-28/h1,5-10,12-14,16,18-19,30H,11,15,17H2,2-3H3/b28-18+/t30-/m1/s1. The number of thiazole rings is 1. The summed E-state index contributed by atoms with van der Waals surface area (Å²) in [4.78, 5) is 19.7. The third-order valence-electron chi connectivity index (χ3n) is 7.10. The van der Waals surface area contributed by atoms with Gasteiger partial charge < -0.3 is 14.2 Å². The molecule has 0 N–H and O–H groups in total. The zero-order valence-electron chi connectivity index (χ0n) is 21.6. The van der Waals surface area contributed by atoms with Crippen LogP contribution in [-0.4, -0.2) is 25.4 Å². The Balaban J connectivity index is 1.54. The summed E-state index contributed by atoms with van der Waals surface area (Å²) in [5.74, 6) is 4.42. The Morgan fingerprint density at radius 2 is 1.85 bits per heavy atom. The second-order valence-corrected chi connectivity index (χ2v) is 10.3. The summed E-state index contributed by atoms with van der Waals surface area (Å²) in [7, 11) is 3.24. The van der Waals surface area contributed by atoms with E-state index in [-0.39, 0.29) is 18.2 Å². The van der Waals surface area contributed by atoms with Crippen molar-refractivity contribution in [3.8, 4) is 29.6 Å². The second-order valence-electron chi connectivity index (χ2n) is 9.29. The van der Waals surface area contributed by atoms with Gasteiger partial charge in [0, 0.05) is 5.56 Å². The lowest BCUT2D eigenvalue weighted by atomic mass is 9.83. The van der Waals surface area contributed by atoms with Gasteiger partial charge in [-0.25, -0.2) is 4.99 Å². The highest BCUT2D eigenvalue weighted by Gasteiger charge is 2.33. The third kappa shape index (κ3) is 4.43. The molecule has 6 rings (SSSR count). The van der Waals surface area contributed by atoms with Crippen LogP contribution in [0.2, 0.25) is 0 Å². The van der Waals surface area contributed by atoms with E-state index in [9.17, 15) is 4.79 Å². The van der Waals surface area contributed by atoms with Crippen LogP contribution in [0.5, 0.6) is 17.2 Å². The Labute approximate surface area is 230 Å². The summed E-state index contributed by atoms with van der Waals surface area (Å²) in [6.45, 7) is 0.210. The van der Waals surface area contributed by atoms with Crippen molar-refractivity contribution in [3.63, 3.8) is 0 Å². The molecule has 0 amide bonds. The van der Waals surface area contributed by atoms with Crippen LogP contribution in [0, 0.1) is 12.3 Å². The van der Waals surface area contributed by atoms with Gasteiger partial charge in [-0.2, -0.15) is 0 Å². The lowest BCUT2D eigenvalue weighted by Crippen LogP contribution is -2.38. The molecule has 0 radical (unpaired) electrons. The van der Waals surface area contributed by atoms with Crippen LogP contribution < -0.4 is 29.1 Å². The fourth-order valence-electron chi connectivity index (χ4n) is 5.28. The van der Waals surface area contributed by atoms with Crippen molar-refractivity contribution in [3.05, 3.63) is 114 Å². The normalized spacial score (nSPS) is 15.9. The number of nitrogens with zero attached hydrogens (tertiary/aromatic N) is 2. The first-order chi connectivity index (χ1) is 19.1. The molecule has 0 saturated carbocycles. The Hall–Kier alpha value is -4.54. The van der Waals surface area contributed by atoms with E-state index in [1.807, 2.05) is 59.2 Å². The number of terminal acetylenes is 1.